The largest absolute Gasteiger partial charge is 0.462 e. The van der Waals surface area contributed by atoms with Gasteiger partial charge in [0.2, 0.25) is 0 Å². The fraction of sp³-hybridized carbons (Fsp3) is 0.529. The Morgan fingerprint density at radius 2 is 0.896 bits per heavy atom. The Bertz CT molecular complexity index is 1450. The molecule has 8 nitrogen and oxygen atoms in total. The predicted octanol–water partition coefficient (Wildman–Crippen LogP) is 11.2. The molecule has 0 unspecified atom stereocenters. The Morgan fingerprint density at radius 1 is 0.562 bits per heavy atom. The number of esters is 4. The molecule has 0 amide bonds. The van der Waals surface area contributed by atoms with Gasteiger partial charge in [-0.3, -0.25) is 0 Å². The second-order valence-corrected chi connectivity index (χ2v) is 15.4. The molecule has 2 aromatic carbocycles. The molecule has 0 atom stereocenters. The first kappa shape index (κ1) is 38.9. The van der Waals surface area contributed by atoms with Crippen LogP contribution in [0.15, 0.2) is 12.1 Å². The third kappa shape index (κ3) is 9.64. The summed E-state index contributed by atoms with van der Waals surface area (Å²) in [7, 11) is 0. The fourth-order valence-electron chi connectivity index (χ4n) is 6.23. The third-order valence-corrected chi connectivity index (χ3v) is 11.4. The standard InChI is InChI=1S/C34H36Cl6O8/c1-33(9-5-3-6-10-33)13-15-45-29(41)23-25(39)19(35)17-21(37)27(23)47-31(43)32(44)48-28-22(38)18-20(36)26(40)24(28)30(42)46-16-14-34(2)11-7-4-8-12-34/h17-18H,3-16H2,1-2H3. The van der Waals surface area contributed by atoms with E-state index in [1.807, 2.05) is 0 Å². The lowest BCUT2D eigenvalue weighted by atomic mass is 9.74. The monoisotopic (exact) mass is 782 g/mol. The second kappa shape index (κ2) is 16.8. The topological polar surface area (TPSA) is 105 Å². The quantitative estimate of drug-likeness (QED) is 0.101. The molecule has 2 fully saturated rings. The zero-order valence-electron chi connectivity index (χ0n) is 26.6. The Kier molecular flexibility index (Phi) is 13.6. The maximum Gasteiger partial charge on any atom is 0.423 e. The number of hydrogen-bond acceptors (Lipinski definition) is 8. The van der Waals surface area contributed by atoms with E-state index < -0.39 is 46.5 Å². The van der Waals surface area contributed by atoms with E-state index in [1.54, 1.807) is 0 Å². The Labute approximate surface area is 309 Å². The average molecular weight is 785 g/mol. The number of rotatable bonds is 10. The minimum absolute atomic E-state index is 0.0258. The SMILES string of the molecule is CC1(CCOC(=O)c2c(Cl)c(Cl)cc(Cl)c2OC(=O)C(=O)Oc2c(Cl)cc(Cl)c(Cl)c2C(=O)OCCC2(C)CCCCC2)CCCCC1. The van der Waals surface area contributed by atoms with Crippen molar-refractivity contribution in [3.8, 4) is 11.5 Å². The molecule has 0 spiro atoms. The zero-order chi connectivity index (χ0) is 35.2. The molecule has 0 N–H and O–H groups in total. The summed E-state index contributed by atoms with van der Waals surface area (Å²) in [5.74, 6) is -6.33. The van der Waals surface area contributed by atoms with E-state index in [0.717, 1.165) is 63.5 Å². The van der Waals surface area contributed by atoms with Crippen LogP contribution in [0.1, 0.15) is 112 Å². The minimum Gasteiger partial charge on any atom is -0.462 e. The fourth-order valence-corrected chi connectivity index (χ4v) is 7.66. The van der Waals surface area contributed by atoms with Crippen LogP contribution in [-0.4, -0.2) is 37.1 Å². The van der Waals surface area contributed by atoms with Crippen molar-refractivity contribution in [2.45, 2.75) is 90.9 Å². The molecule has 0 saturated heterocycles. The number of benzene rings is 2. The molecule has 0 heterocycles. The summed E-state index contributed by atoms with van der Waals surface area (Å²) in [6, 6.07) is 2.27. The van der Waals surface area contributed by atoms with Gasteiger partial charge in [-0.05, 0) is 61.5 Å². The van der Waals surface area contributed by atoms with Crippen molar-refractivity contribution in [1.29, 1.82) is 0 Å². The molecule has 0 radical (unpaired) electrons. The van der Waals surface area contributed by atoms with Crippen molar-refractivity contribution in [3.05, 3.63) is 53.4 Å². The summed E-state index contributed by atoms with van der Waals surface area (Å²) in [4.78, 5) is 52.4. The van der Waals surface area contributed by atoms with Crippen LogP contribution in [-0.2, 0) is 19.1 Å². The van der Waals surface area contributed by atoms with Gasteiger partial charge in [0.25, 0.3) is 0 Å². The molecule has 2 saturated carbocycles. The molecule has 0 aliphatic heterocycles. The van der Waals surface area contributed by atoms with Crippen LogP contribution in [0, 0.1) is 10.8 Å². The first-order valence-electron chi connectivity index (χ1n) is 15.8. The van der Waals surface area contributed by atoms with Crippen molar-refractivity contribution in [1.82, 2.24) is 0 Å². The first-order valence-corrected chi connectivity index (χ1v) is 18.0. The van der Waals surface area contributed by atoms with Crippen molar-refractivity contribution in [3.63, 3.8) is 0 Å². The number of halogens is 6. The van der Waals surface area contributed by atoms with Gasteiger partial charge in [-0.15, -0.1) is 0 Å². The van der Waals surface area contributed by atoms with Gasteiger partial charge in [-0.1, -0.05) is 122 Å². The summed E-state index contributed by atoms with van der Waals surface area (Å²) in [6.45, 7) is 4.42. The minimum atomic E-state index is -1.63. The van der Waals surface area contributed by atoms with Crippen molar-refractivity contribution >= 4 is 93.5 Å². The average Bonchev–Trinajstić information content (AvgIpc) is 3.02. The lowest BCUT2D eigenvalue weighted by molar-refractivity contribution is -0.156. The summed E-state index contributed by atoms with van der Waals surface area (Å²) >= 11 is 37.6. The highest BCUT2D eigenvalue weighted by atomic mass is 35.5. The summed E-state index contributed by atoms with van der Waals surface area (Å²) in [5.41, 5.74) is -0.851. The van der Waals surface area contributed by atoms with E-state index in [0.29, 0.717) is 12.8 Å². The Hall–Kier alpha value is -1.94. The number of ether oxygens (including phenoxy) is 4. The van der Waals surface area contributed by atoms with E-state index in [-0.39, 0.29) is 54.2 Å². The van der Waals surface area contributed by atoms with Crippen LogP contribution >= 0.6 is 69.6 Å². The van der Waals surface area contributed by atoms with Gasteiger partial charge in [0.05, 0.1) is 43.3 Å². The van der Waals surface area contributed by atoms with E-state index in [2.05, 4.69) is 13.8 Å². The molecular weight excluding hydrogens is 749 g/mol. The van der Waals surface area contributed by atoms with Crippen LogP contribution in [0.2, 0.25) is 30.1 Å². The van der Waals surface area contributed by atoms with Gasteiger partial charge >= 0.3 is 23.9 Å². The Balaban J connectivity index is 1.49. The van der Waals surface area contributed by atoms with Gasteiger partial charge in [0, 0.05) is 0 Å². The molecular formula is C34H36Cl6O8. The lowest BCUT2D eigenvalue weighted by Crippen LogP contribution is -2.28. The number of hydrogen-bond donors (Lipinski definition) is 0. The zero-order valence-corrected chi connectivity index (χ0v) is 31.1. The lowest BCUT2D eigenvalue weighted by Gasteiger charge is -2.33. The van der Waals surface area contributed by atoms with E-state index >= 15 is 0 Å². The van der Waals surface area contributed by atoms with Gasteiger partial charge in [-0.25, -0.2) is 19.2 Å². The molecule has 0 bridgehead atoms. The van der Waals surface area contributed by atoms with Gasteiger partial charge in [-0.2, -0.15) is 0 Å². The molecule has 0 aromatic heterocycles. The summed E-state index contributed by atoms with van der Waals surface area (Å²) < 4.78 is 21.4. The maximum absolute atomic E-state index is 13.2. The van der Waals surface area contributed by atoms with Crippen molar-refractivity contribution in [2.24, 2.45) is 10.8 Å². The molecule has 14 heteroatoms. The molecule has 262 valence electrons. The molecule has 2 aliphatic rings. The van der Waals surface area contributed by atoms with Crippen LogP contribution in [0.25, 0.3) is 0 Å². The normalized spacial score (nSPS) is 16.9. The van der Waals surface area contributed by atoms with Crippen LogP contribution in [0.5, 0.6) is 11.5 Å². The van der Waals surface area contributed by atoms with Crippen LogP contribution in [0.4, 0.5) is 0 Å². The molecule has 48 heavy (non-hydrogen) atoms. The third-order valence-electron chi connectivity index (χ3n) is 9.22. The smallest absolute Gasteiger partial charge is 0.423 e. The van der Waals surface area contributed by atoms with E-state index in [1.165, 1.54) is 12.8 Å². The number of carbonyl (C=O) groups is 4. The van der Waals surface area contributed by atoms with Crippen LogP contribution < -0.4 is 9.47 Å². The molecule has 2 aromatic rings. The van der Waals surface area contributed by atoms with E-state index in [9.17, 15) is 19.2 Å². The van der Waals surface area contributed by atoms with Crippen molar-refractivity contribution < 1.29 is 38.1 Å². The molecule has 4 rings (SSSR count). The summed E-state index contributed by atoms with van der Waals surface area (Å²) in [5, 5.41) is -1.44. The van der Waals surface area contributed by atoms with Crippen molar-refractivity contribution in [2.75, 3.05) is 13.2 Å². The highest BCUT2D eigenvalue weighted by Crippen LogP contribution is 2.43. The number of carbonyl (C=O) groups excluding carboxylic acids is 4. The van der Waals surface area contributed by atoms with Gasteiger partial charge < -0.3 is 18.9 Å². The summed E-state index contributed by atoms with van der Waals surface area (Å²) in [6.07, 6.45) is 12.0. The predicted molar refractivity (Wildman–Crippen MR) is 186 cm³/mol. The highest BCUT2D eigenvalue weighted by Gasteiger charge is 2.34. The van der Waals surface area contributed by atoms with Gasteiger partial charge in [0.1, 0.15) is 11.1 Å². The molecule has 2 aliphatic carbocycles. The first-order chi connectivity index (χ1) is 22.6. The van der Waals surface area contributed by atoms with E-state index in [4.69, 9.17) is 88.6 Å². The highest BCUT2D eigenvalue weighted by molar-refractivity contribution is 6.47. The Morgan fingerprint density at radius 3 is 1.23 bits per heavy atom. The van der Waals surface area contributed by atoms with Crippen LogP contribution in [0.3, 0.4) is 0 Å². The van der Waals surface area contributed by atoms with Gasteiger partial charge in [0.15, 0.2) is 11.5 Å². The maximum atomic E-state index is 13.2. The second-order valence-electron chi connectivity index (χ2n) is 13.0.